The third-order valence-corrected chi connectivity index (χ3v) is 7.35. The van der Waals surface area contributed by atoms with Crippen LogP contribution in [0.1, 0.15) is 42.6 Å². The SMILES string of the molecule is CCCS(=O)(=O)c1ncc(CN(C)Cc2nc(C)cs2)n1C[C@H]1CCCO1. The standard InChI is InChI=1S/C18H28N4O3S2/c1-4-8-27(23,24)18-19-9-15(22(18)11-16-6-5-7-25-16)10-21(3)12-17-20-14(2)13-26-17/h9,13,16H,4-8,10-12H2,1-3H3/t16-/m1/s1. The van der Waals surface area contributed by atoms with Gasteiger partial charge in [0.25, 0.3) is 0 Å². The lowest BCUT2D eigenvalue weighted by Crippen LogP contribution is -2.25. The van der Waals surface area contributed by atoms with Gasteiger partial charge in [-0.15, -0.1) is 11.3 Å². The first-order chi connectivity index (χ1) is 12.9. The van der Waals surface area contributed by atoms with Gasteiger partial charge in [-0.05, 0) is 33.2 Å². The first-order valence-corrected chi connectivity index (χ1v) is 11.9. The van der Waals surface area contributed by atoms with Crippen LogP contribution in [0.15, 0.2) is 16.7 Å². The maximum Gasteiger partial charge on any atom is 0.227 e. The molecule has 1 atom stereocenters. The van der Waals surface area contributed by atoms with Crippen molar-refractivity contribution in [2.45, 2.75) is 64.0 Å². The zero-order valence-corrected chi connectivity index (χ0v) is 17.9. The number of hydrogen-bond acceptors (Lipinski definition) is 7. The molecule has 2 aromatic heterocycles. The summed E-state index contributed by atoms with van der Waals surface area (Å²) in [4.78, 5) is 10.9. The van der Waals surface area contributed by atoms with Gasteiger partial charge < -0.3 is 9.30 Å². The van der Waals surface area contributed by atoms with Crippen LogP contribution in [0, 0.1) is 6.92 Å². The highest BCUT2D eigenvalue weighted by Gasteiger charge is 2.26. The van der Waals surface area contributed by atoms with E-state index in [9.17, 15) is 8.42 Å². The van der Waals surface area contributed by atoms with E-state index < -0.39 is 9.84 Å². The smallest absolute Gasteiger partial charge is 0.227 e. The number of hydrogen-bond donors (Lipinski definition) is 0. The Balaban J connectivity index is 1.81. The number of ether oxygens (including phenoxy) is 1. The molecule has 2 aromatic rings. The summed E-state index contributed by atoms with van der Waals surface area (Å²) in [5.74, 6) is 0.114. The molecule has 7 nitrogen and oxygen atoms in total. The van der Waals surface area contributed by atoms with Gasteiger partial charge in [0.15, 0.2) is 0 Å². The van der Waals surface area contributed by atoms with Gasteiger partial charge in [-0.25, -0.2) is 18.4 Å². The van der Waals surface area contributed by atoms with E-state index in [0.29, 0.717) is 19.5 Å². The Labute approximate surface area is 165 Å². The highest BCUT2D eigenvalue weighted by atomic mass is 32.2. The summed E-state index contributed by atoms with van der Waals surface area (Å²) in [7, 11) is -1.37. The van der Waals surface area contributed by atoms with Crippen molar-refractivity contribution in [1.82, 2.24) is 19.4 Å². The van der Waals surface area contributed by atoms with E-state index in [-0.39, 0.29) is 17.0 Å². The highest BCUT2D eigenvalue weighted by Crippen LogP contribution is 2.21. The van der Waals surface area contributed by atoms with Crippen molar-refractivity contribution in [3.63, 3.8) is 0 Å². The Morgan fingerprint density at radius 1 is 1.41 bits per heavy atom. The summed E-state index contributed by atoms with van der Waals surface area (Å²) in [5.41, 5.74) is 1.93. The van der Waals surface area contributed by atoms with Crippen LogP contribution in [0.5, 0.6) is 0 Å². The topological polar surface area (TPSA) is 77.3 Å². The minimum absolute atomic E-state index is 0.0560. The van der Waals surface area contributed by atoms with Gasteiger partial charge in [0, 0.05) is 24.2 Å². The first kappa shape index (κ1) is 20.4. The third kappa shape index (κ3) is 5.16. The summed E-state index contributed by atoms with van der Waals surface area (Å²) < 4.78 is 32.9. The monoisotopic (exact) mass is 412 g/mol. The molecule has 0 aliphatic carbocycles. The van der Waals surface area contributed by atoms with Gasteiger partial charge in [-0.3, -0.25) is 4.90 Å². The van der Waals surface area contributed by atoms with Gasteiger partial charge >= 0.3 is 0 Å². The molecule has 0 N–H and O–H groups in total. The largest absolute Gasteiger partial charge is 0.376 e. The number of nitrogens with zero attached hydrogens (tertiary/aromatic N) is 4. The summed E-state index contributed by atoms with van der Waals surface area (Å²) in [6, 6.07) is 0. The molecular formula is C18H28N4O3S2. The average molecular weight is 413 g/mol. The van der Waals surface area contributed by atoms with Gasteiger partial charge in [0.05, 0.1) is 36.8 Å². The molecule has 1 fully saturated rings. The van der Waals surface area contributed by atoms with E-state index in [1.165, 1.54) is 0 Å². The minimum Gasteiger partial charge on any atom is -0.376 e. The quantitative estimate of drug-likeness (QED) is 0.630. The summed E-state index contributed by atoms with van der Waals surface area (Å²) >= 11 is 1.64. The Kier molecular flexibility index (Phi) is 6.67. The lowest BCUT2D eigenvalue weighted by atomic mass is 10.2. The molecule has 0 aromatic carbocycles. The predicted molar refractivity (Wildman–Crippen MR) is 106 cm³/mol. The molecule has 1 aliphatic rings. The molecule has 27 heavy (non-hydrogen) atoms. The number of aromatic nitrogens is 3. The normalized spacial score (nSPS) is 17.9. The van der Waals surface area contributed by atoms with Crippen molar-refractivity contribution >= 4 is 21.2 Å². The number of rotatable bonds is 9. The molecule has 0 saturated carbocycles. The lowest BCUT2D eigenvalue weighted by Gasteiger charge is -2.19. The Morgan fingerprint density at radius 2 is 2.22 bits per heavy atom. The van der Waals surface area contributed by atoms with Crippen LogP contribution >= 0.6 is 11.3 Å². The summed E-state index contributed by atoms with van der Waals surface area (Å²) in [6.45, 7) is 6.48. The second-order valence-corrected chi connectivity index (χ2v) is 10.1. The minimum atomic E-state index is -3.39. The van der Waals surface area contributed by atoms with Crippen molar-refractivity contribution in [3.05, 3.63) is 28.0 Å². The lowest BCUT2D eigenvalue weighted by molar-refractivity contribution is 0.0934. The van der Waals surface area contributed by atoms with Crippen LogP contribution in [0.2, 0.25) is 0 Å². The van der Waals surface area contributed by atoms with Crippen molar-refractivity contribution in [2.75, 3.05) is 19.4 Å². The van der Waals surface area contributed by atoms with E-state index >= 15 is 0 Å². The maximum atomic E-state index is 12.7. The molecule has 9 heteroatoms. The summed E-state index contributed by atoms with van der Waals surface area (Å²) in [5, 5.41) is 3.27. The van der Waals surface area contributed by atoms with Crippen LogP contribution in [-0.4, -0.2) is 53.4 Å². The first-order valence-electron chi connectivity index (χ1n) is 9.37. The fourth-order valence-electron chi connectivity index (χ4n) is 3.35. The van der Waals surface area contributed by atoms with Crippen LogP contribution in [-0.2, 0) is 34.2 Å². The number of aryl methyl sites for hydroxylation is 1. The Bertz CT molecular complexity index is 854. The van der Waals surface area contributed by atoms with Crippen LogP contribution in [0.25, 0.3) is 0 Å². The maximum absolute atomic E-state index is 12.7. The van der Waals surface area contributed by atoms with Crippen LogP contribution in [0.4, 0.5) is 0 Å². The van der Waals surface area contributed by atoms with Gasteiger partial charge in [0.1, 0.15) is 5.01 Å². The molecule has 0 unspecified atom stereocenters. The second kappa shape index (κ2) is 8.81. The molecule has 0 radical (unpaired) electrons. The zero-order chi connectivity index (χ0) is 19.4. The molecule has 0 spiro atoms. The van der Waals surface area contributed by atoms with Crippen LogP contribution < -0.4 is 0 Å². The van der Waals surface area contributed by atoms with Crippen molar-refractivity contribution in [3.8, 4) is 0 Å². The van der Waals surface area contributed by atoms with Crippen LogP contribution in [0.3, 0.4) is 0 Å². The predicted octanol–water partition coefficient (Wildman–Crippen LogP) is 2.64. The van der Waals surface area contributed by atoms with Gasteiger partial charge in [0.2, 0.25) is 15.0 Å². The van der Waals surface area contributed by atoms with Crippen molar-refractivity contribution in [2.24, 2.45) is 0 Å². The van der Waals surface area contributed by atoms with E-state index in [2.05, 4.69) is 14.9 Å². The molecule has 1 aliphatic heterocycles. The zero-order valence-electron chi connectivity index (χ0n) is 16.2. The van der Waals surface area contributed by atoms with E-state index in [1.807, 2.05) is 30.8 Å². The molecule has 3 heterocycles. The van der Waals surface area contributed by atoms with E-state index in [0.717, 1.165) is 42.4 Å². The Morgan fingerprint density at radius 3 is 2.85 bits per heavy atom. The molecule has 150 valence electrons. The highest BCUT2D eigenvalue weighted by molar-refractivity contribution is 7.91. The van der Waals surface area contributed by atoms with Crippen molar-refractivity contribution in [1.29, 1.82) is 0 Å². The molecular weight excluding hydrogens is 384 g/mol. The molecule has 0 amide bonds. The molecule has 0 bridgehead atoms. The number of thiazole rings is 1. The molecule has 3 rings (SSSR count). The van der Waals surface area contributed by atoms with Gasteiger partial charge in [-0.1, -0.05) is 6.92 Å². The molecule has 1 saturated heterocycles. The number of sulfone groups is 1. The summed E-state index contributed by atoms with van der Waals surface area (Å²) in [6.07, 6.45) is 4.31. The average Bonchev–Trinajstić information content (AvgIpc) is 3.31. The second-order valence-electron chi connectivity index (χ2n) is 7.15. The Hall–Kier alpha value is -1.29. The number of imidazole rings is 1. The van der Waals surface area contributed by atoms with Crippen molar-refractivity contribution < 1.29 is 13.2 Å². The van der Waals surface area contributed by atoms with E-state index in [4.69, 9.17) is 4.74 Å². The van der Waals surface area contributed by atoms with E-state index in [1.54, 1.807) is 17.5 Å². The van der Waals surface area contributed by atoms with Gasteiger partial charge in [-0.2, -0.15) is 0 Å². The fourth-order valence-corrected chi connectivity index (χ4v) is 5.66. The third-order valence-electron chi connectivity index (χ3n) is 4.57. The fraction of sp³-hybridized carbons (Fsp3) is 0.667.